The lowest BCUT2D eigenvalue weighted by Gasteiger charge is -2.23. The molecule has 1 heterocycles. The van der Waals surface area contributed by atoms with Crippen molar-refractivity contribution in [3.05, 3.63) is 62.6 Å². The summed E-state index contributed by atoms with van der Waals surface area (Å²) in [5.41, 5.74) is 2.56. The summed E-state index contributed by atoms with van der Waals surface area (Å²) < 4.78 is 44.6. The number of nitrogens with zero attached hydrogens (tertiary/aromatic N) is 2. The molecule has 1 aliphatic carbocycles. The normalized spacial score (nSPS) is 15.7. The molecule has 2 aromatic carbocycles. The van der Waals surface area contributed by atoms with Gasteiger partial charge in [0.05, 0.1) is 17.1 Å². The van der Waals surface area contributed by atoms with E-state index in [0.717, 1.165) is 47.6 Å². The monoisotopic (exact) mass is 493 g/mol. The van der Waals surface area contributed by atoms with E-state index in [-0.39, 0.29) is 5.56 Å². The van der Waals surface area contributed by atoms with E-state index >= 15 is 4.39 Å². The number of aliphatic hydroxyl groups excluding tert-OH is 1. The number of fused-ring (bicyclic) bond motifs is 3. The van der Waals surface area contributed by atoms with Gasteiger partial charge in [-0.2, -0.15) is 8.78 Å². The lowest BCUT2D eigenvalue weighted by molar-refractivity contribution is -0.108. The first-order valence-corrected chi connectivity index (χ1v) is 11.0. The molecule has 8 heteroatoms. The van der Waals surface area contributed by atoms with Gasteiger partial charge < -0.3 is 10.4 Å². The molecule has 3 aromatic rings. The van der Waals surface area contributed by atoms with E-state index in [1.807, 2.05) is 6.07 Å². The van der Waals surface area contributed by atoms with Crippen molar-refractivity contribution in [1.29, 1.82) is 0 Å². The van der Waals surface area contributed by atoms with E-state index in [2.05, 4.69) is 31.2 Å². The van der Waals surface area contributed by atoms with Crippen LogP contribution in [0, 0.1) is 12.7 Å². The molecule has 1 aromatic heterocycles. The molecular weight excluding hydrogens is 471 g/mol. The first kappa shape index (κ1) is 22.0. The maximum Gasteiger partial charge on any atom is 0.301 e. The number of aliphatic hydroxyl groups is 1. The first-order chi connectivity index (χ1) is 14.6. The van der Waals surface area contributed by atoms with Gasteiger partial charge in [0.25, 0.3) is 0 Å². The van der Waals surface area contributed by atoms with Crippen LogP contribution in [0.4, 0.5) is 19.0 Å². The topological polar surface area (TPSA) is 58.0 Å². The Kier molecular flexibility index (Phi) is 5.72. The Bertz CT molecular complexity index is 1170. The number of hydrogen-bond acceptors (Lipinski definition) is 4. The summed E-state index contributed by atoms with van der Waals surface area (Å²) in [5, 5.41) is 13.4. The highest BCUT2D eigenvalue weighted by molar-refractivity contribution is 9.10. The van der Waals surface area contributed by atoms with Gasteiger partial charge in [-0.25, -0.2) is 14.4 Å². The highest BCUT2D eigenvalue weighted by atomic mass is 79.9. The lowest BCUT2D eigenvalue weighted by atomic mass is 9.97. The molecule has 1 aliphatic rings. The van der Waals surface area contributed by atoms with Crippen molar-refractivity contribution in [2.75, 3.05) is 5.32 Å². The number of benzene rings is 2. The quantitative estimate of drug-likeness (QED) is 0.459. The number of aryl methyl sites for hydroxylation is 2. The summed E-state index contributed by atoms with van der Waals surface area (Å²) in [5.74, 6) is -3.62. The standard InChI is InChI=1S/C23H23BrF3N3O/c1-11(14-6-5-9-18(20(14)25)23(26,27)12(2)31)28-22-17-10-19(24)15-7-4-8-16(15)21(17)29-13(3)30-22/h5-6,9-12,31H,4,7-8H2,1-3H3,(H,28,29,30)/t11-,12?/m1/s1. The van der Waals surface area contributed by atoms with Crippen LogP contribution in [0.2, 0.25) is 0 Å². The Hall–Kier alpha value is -2.19. The number of alkyl halides is 2. The molecule has 0 aliphatic heterocycles. The average molecular weight is 494 g/mol. The zero-order valence-electron chi connectivity index (χ0n) is 17.4. The van der Waals surface area contributed by atoms with Crippen LogP contribution in [-0.4, -0.2) is 21.2 Å². The second kappa shape index (κ2) is 8.06. The third-order valence-electron chi connectivity index (χ3n) is 5.85. The molecule has 4 rings (SSSR count). The third kappa shape index (κ3) is 3.80. The van der Waals surface area contributed by atoms with Crippen molar-refractivity contribution >= 4 is 32.7 Å². The molecule has 0 fully saturated rings. The Morgan fingerprint density at radius 2 is 1.87 bits per heavy atom. The first-order valence-electron chi connectivity index (χ1n) is 10.2. The van der Waals surface area contributed by atoms with E-state index in [1.54, 1.807) is 13.8 Å². The van der Waals surface area contributed by atoms with Crippen molar-refractivity contribution in [1.82, 2.24) is 9.97 Å². The summed E-state index contributed by atoms with van der Waals surface area (Å²) in [6.07, 6.45) is 0.976. The van der Waals surface area contributed by atoms with Crippen molar-refractivity contribution in [3.8, 4) is 0 Å². The molecule has 0 radical (unpaired) electrons. The fourth-order valence-corrected chi connectivity index (χ4v) is 4.86. The predicted octanol–water partition coefficient (Wildman–Crippen LogP) is 5.97. The molecule has 1 unspecified atom stereocenters. The van der Waals surface area contributed by atoms with Gasteiger partial charge in [0.1, 0.15) is 23.6 Å². The average Bonchev–Trinajstić information content (AvgIpc) is 3.19. The third-order valence-corrected chi connectivity index (χ3v) is 6.56. The van der Waals surface area contributed by atoms with E-state index < -0.39 is 29.4 Å². The number of nitrogens with one attached hydrogen (secondary N) is 1. The number of rotatable bonds is 5. The van der Waals surface area contributed by atoms with Crippen molar-refractivity contribution < 1.29 is 18.3 Å². The van der Waals surface area contributed by atoms with Gasteiger partial charge in [0.2, 0.25) is 0 Å². The Morgan fingerprint density at radius 1 is 1.16 bits per heavy atom. The minimum absolute atomic E-state index is 0.0717. The zero-order valence-corrected chi connectivity index (χ0v) is 19.0. The summed E-state index contributed by atoms with van der Waals surface area (Å²) in [6.45, 7) is 4.43. The fourth-order valence-electron chi connectivity index (χ4n) is 4.19. The van der Waals surface area contributed by atoms with E-state index in [4.69, 9.17) is 0 Å². The molecule has 31 heavy (non-hydrogen) atoms. The largest absolute Gasteiger partial charge is 0.387 e. The molecular formula is C23H23BrF3N3O. The van der Waals surface area contributed by atoms with Crippen molar-refractivity contribution in [3.63, 3.8) is 0 Å². The van der Waals surface area contributed by atoms with Crippen LogP contribution >= 0.6 is 15.9 Å². The maximum absolute atomic E-state index is 15.0. The van der Waals surface area contributed by atoms with E-state index in [9.17, 15) is 13.9 Å². The van der Waals surface area contributed by atoms with Gasteiger partial charge in [-0.15, -0.1) is 0 Å². The Labute approximate surface area is 187 Å². The fraction of sp³-hybridized carbons (Fsp3) is 0.391. The van der Waals surface area contributed by atoms with Gasteiger partial charge >= 0.3 is 5.92 Å². The second-order valence-electron chi connectivity index (χ2n) is 8.06. The van der Waals surface area contributed by atoms with Crippen LogP contribution < -0.4 is 5.32 Å². The minimum atomic E-state index is -3.69. The molecule has 2 N–H and O–H groups in total. The van der Waals surface area contributed by atoms with Gasteiger partial charge in [0, 0.05) is 15.4 Å². The van der Waals surface area contributed by atoms with Gasteiger partial charge in [-0.3, -0.25) is 0 Å². The highest BCUT2D eigenvalue weighted by Crippen LogP contribution is 2.39. The van der Waals surface area contributed by atoms with Crippen LogP contribution in [-0.2, 0) is 18.8 Å². The van der Waals surface area contributed by atoms with Crippen LogP contribution in [0.1, 0.15) is 54.4 Å². The number of hydrogen-bond donors (Lipinski definition) is 2. The van der Waals surface area contributed by atoms with Crippen LogP contribution in [0.5, 0.6) is 0 Å². The number of anilines is 1. The van der Waals surface area contributed by atoms with Crippen LogP contribution in [0.15, 0.2) is 28.7 Å². The smallest absolute Gasteiger partial charge is 0.301 e. The van der Waals surface area contributed by atoms with Crippen molar-refractivity contribution in [2.24, 2.45) is 0 Å². The zero-order chi connectivity index (χ0) is 22.5. The minimum Gasteiger partial charge on any atom is -0.387 e. The van der Waals surface area contributed by atoms with E-state index in [0.29, 0.717) is 11.6 Å². The van der Waals surface area contributed by atoms with Crippen molar-refractivity contribution in [2.45, 2.75) is 58.1 Å². The van der Waals surface area contributed by atoms with Gasteiger partial charge in [-0.1, -0.05) is 28.1 Å². The maximum atomic E-state index is 15.0. The van der Waals surface area contributed by atoms with Gasteiger partial charge in [-0.05, 0) is 63.3 Å². The van der Waals surface area contributed by atoms with Gasteiger partial charge in [0.15, 0.2) is 0 Å². The predicted molar refractivity (Wildman–Crippen MR) is 118 cm³/mol. The lowest BCUT2D eigenvalue weighted by Crippen LogP contribution is -2.29. The Morgan fingerprint density at radius 3 is 2.58 bits per heavy atom. The molecule has 164 valence electrons. The molecule has 0 bridgehead atoms. The Balaban J connectivity index is 1.77. The second-order valence-corrected chi connectivity index (χ2v) is 8.91. The van der Waals surface area contributed by atoms with Crippen LogP contribution in [0.3, 0.4) is 0 Å². The number of aromatic nitrogens is 2. The van der Waals surface area contributed by atoms with Crippen LogP contribution in [0.25, 0.3) is 10.9 Å². The molecule has 0 amide bonds. The highest BCUT2D eigenvalue weighted by Gasteiger charge is 2.40. The molecule has 2 atom stereocenters. The molecule has 4 nitrogen and oxygen atoms in total. The summed E-state index contributed by atoms with van der Waals surface area (Å²) in [6, 6.07) is 5.15. The summed E-state index contributed by atoms with van der Waals surface area (Å²) in [4.78, 5) is 9.15. The molecule has 0 saturated heterocycles. The summed E-state index contributed by atoms with van der Waals surface area (Å²) in [7, 11) is 0. The molecule has 0 saturated carbocycles. The van der Waals surface area contributed by atoms with E-state index in [1.165, 1.54) is 23.3 Å². The number of halogens is 4. The summed E-state index contributed by atoms with van der Waals surface area (Å²) >= 11 is 3.64. The SMILES string of the molecule is Cc1nc(N[C@H](C)c2cccc(C(F)(F)C(C)O)c2F)c2cc(Br)c3c(c2n1)CCC3. The molecule has 0 spiro atoms.